The van der Waals surface area contributed by atoms with Crippen molar-refractivity contribution in [2.45, 2.75) is 33.7 Å². The molecule has 0 atom stereocenters. The van der Waals surface area contributed by atoms with Gasteiger partial charge in [0.25, 0.3) is 0 Å². The summed E-state index contributed by atoms with van der Waals surface area (Å²) in [5, 5.41) is 5.62. The van der Waals surface area contributed by atoms with Crippen molar-refractivity contribution in [1.82, 2.24) is 15.2 Å². The van der Waals surface area contributed by atoms with Gasteiger partial charge in [0.05, 0.1) is 0 Å². The second-order valence-corrected chi connectivity index (χ2v) is 3.95. The lowest BCUT2D eigenvalue weighted by atomic mass is 10.4. The first-order chi connectivity index (χ1) is 7.65. The fraction of sp³-hybridized carbons (Fsp3) is 0.583. The molecule has 0 bridgehead atoms. The van der Waals surface area contributed by atoms with Gasteiger partial charge in [0.1, 0.15) is 0 Å². The van der Waals surface area contributed by atoms with E-state index in [4.69, 9.17) is 0 Å². The molecule has 90 valence electrons. The summed E-state index contributed by atoms with van der Waals surface area (Å²) >= 11 is 0. The van der Waals surface area contributed by atoms with E-state index in [9.17, 15) is 4.79 Å². The number of aromatic nitrogens is 1. The van der Waals surface area contributed by atoms with Crippen molar-refractivity contribution in [3.05, 3.63) is 23.5 Å². The summed E-state index contributed by atoms with van der Waals surface area (Å²) in [5.41, 5.74) is 2.46. The molecular weight excluding hydrogens is 202 g/mol. The van der Waals surface area contributed by atoms with Gasteiger partial charge in [0, 0.05) is 31.0 Å². The van der Waals surface area contributed by atoms with Crippen LogP contribution in [0.1, 0.15) is 24.7 Å². The quantitative estimate of drug-likeness (QED) is 0.785. The fourth-order valence-corrected chi connectivity index (χ4v) is 1.63. The van der Waals surface area contributed by atoms with Crippen molar-refractivity contribution in [2.75, 3.05) is 13.1 Å². The Morgan fingerprint density at radius 1 is 1.19 bits per heavy atom. The second kappa shape index (κ2) is 6.20. The average molecular weight is 223 g/mol. The maximum atomic E-state index is 11.3. The molecule has 0 unspecified atom stereocenters. The molecule has 0 aliphatic carbocycles. The Kier molecular flexibility index (Phi) is 4.89. The molecule has 1 heterocycles. The first-order valence-corrected chi connectivity index (χ1v) is 5.79. The van der Waals surface area contributed by atoms with Crippen molar-refractivity contribution in [2.24, 2.45) is 0 Å². The Hall–Kier alpha value is -1.45. The van der Waals surface area contributed by atoms with Crippen LogP contribution in [0.15, 0.2) is 12.1 Å². The van der Waals surface area contributed by atoms with Crippen molar-refractivity contribution >= 4 is 6.03 Å². The molecule has 1 rings (SSSR count). The van der Waals surface area contributed by atoms with Crippen molar-refractivity contribution < 1.29 is 4.79 Å². The van der Waals surface area contributed by atoms with Crippen LogP contribution in [0, 0.1) is 13.8 Å². The molecule has 16 heavy (non-hydrogen) atoms. The number of hydrogen-bond donors (Lipinski definition) is 2. The first-order valence-electron chi connectivity index (χ1n) is 5.79. The topological polar surface area (TPSA) is 46.1 Å². The molecule has 4 heteroatoms. The first kappa shape index (κ1) is 12.6. The van der Waals surface area contributed by atoms with Gasteiger partial charge in [0.2, 0.25) is 0 Å². The van der Waals surface area contributed by atoms with Crippen LogP contribution in [0.2, 0.25) is 0 Å². The third-order valence-corrected chi connectivity index (χ3v) is 2.57. The van der Waals surface area contributed by atoms with E-state index < -0.39 is 0 Å². The highest BCUT2D eigenvalue weighted by Crippen LogP contribution is 2.05. The molecular formula is C12H21N3O. The monoisotopic (exact) mass is 223 g/mol. The molecule has 4 nitrogen and oxygen atoms in total. The van der Waals surface area contributed by atoms with E-state index in [1.165, 1.54) is 11.4 Å². The Balaban J connectivity index is 2.28. The summed E-state index contributed by atoms with van der Waals surface area (Å²) in [7, 11) is 0. The van der Waals surface area contributed by atoms with Gasteiger partial charge in [-0.15, -0.1) is 0 Å². The third kappa shape index (κ3) is 3.61. The molecule has 0 saturated heterocycles. The zero-order valence-electron chi connectivity index (χ0n) is 10.3. The summed E-state index contributed by atoms with van der Waals surface area (Å²) in [6.07, 6.45) is 0.962. The normalized spacial score (nSPS) is 10.2. The lowest BCUT2D eigenvalue weighted by Gasteiger charge is -2.10. The fourth-order valence-electron chi connectivity index (χ4n) is 1.63. The van der Waals surface area contributed by atoms with E-state index in [1.54, 1.807) is 0 Å². The van der Waals surface area contributed by atoms with Gasteiger partial charge in [-0.1, -0.05) is 6.92 Å². The number of nitrogens with one attached hydrogen (secondary N) is 2. The van der Waals surface area contributed by atoms with Gasteiger partial charge in [-0.05, 0) is 32.4 Å². The number of hydrogen-bond acceptors (Lipinski definition) is 1. The molecule has 0 radical (unpaired) electrons. The molecule has 0 saturated carbocycles. The molecule has 0 aliphatic rings. The van der Waals surface area contributed by atoms with Gasteiger partial charge in [0.15, 0.2) is 0 Å². The molecule has 0 aromatic carbocycles. The van der Waals surface area contributed by atoms with Crippen LogP contribution >= 0.6 is 0 Å². The minimum atomic E-state index is -0.0793. The summed E-state index contributed by atoms with van der Waals surface area (Å²) in [6, 6.07) is 4.10. The molecule has 1 aromatic rings. The van der Waals surface area contributed by atoms with Crippen LogP contribution < -0.4 is 10.6 Å². The van der Waals surface area contributed by atoms with Crippen LogP contribution in [0.4, 0.5) is 4.79 Å². The average Bonchev–Trinajstić information content (AvgIpc) is 2.57. The number of amides is 2. The number of urea groups is 1. The smallest absolute Gasteiger partial charge is 0.314 e. The molecule has 1 aromatic heterocycles. The van der Waals surface area contributed by atoms with Gasteiger partial charge < -0.3 is 15.2 Å². The predicted octanol–water partition coefficient (Wildman–Crippen LogP) is 1.81. The largest absolute Gasteiger partial charge is 0.347 e. The summed E-state index contributed by atoms with van der Waals surface area (Å²) < 4.78 is 2.19. The SMILES string of the molecule is CCCNC(=O)NCCn1c(C)ccc1C. The van der Waals surface area contributed by atoms with E-state index in [1.807, 2.05) is 6.92 Å². The van der Waals surface area contributed by atoms with Crippen LogP contribution in [0.25, 0.3) is 0 Å². The van der Waals surface area contributed by atoms with E-state index in [2.05, 4.69) is 41.2 Å². The molecule has 0 aliphatic heterocycles. The van der Waals surface area contributed by atoms with Gasteiger partial charge in [-0.3, -0.25) is 0 Å². The standard InChI is InChI=1S/C12H21N3O/c1-4-7-13-12(16)14-8-9-15-10(2)5-6-11(15)3/h5-6H,4,7-9H2,1-3H3,(H2,13,14,16). The van der Waals surface area contributed by atoms with E-state index in [0.29, 0.717) is 6.54 Å². The Morgan fingerprint density at radius 3 is 2.31 bits per heavy atom. The maximum Gasteiger partial charge on any atom is 0.314 e. The molecule has 0 spiro atoms. The van der Waals surface area contributed by atoms with E-state index in [-0.39, 0.29) is 6.03 Å². The maximum absolute atomic E-state index is 11.3. The number of nitrogens with zero attached hydrogens (tertiary/aromatic N) is 1. The zero-order valence-corrected chi connectivity index (χ0v) is 10.3. The second-order valence-electron chi connectivity index (χ2n) is 3.95. The molecule has 0 fully saturated rings. The van der Waals surface area contributed by atoms with E-state index in [0.717, 1.165) is 19.5 Å². The Bertz CT molecular complexity index is 325. The summed E-state index contributed by atoms with van der Waals surface area (Å²) in [6.45, 7) is 8.39. The number of carbonyl (C=O) groups excluding carboxylic acids is 1. The highest BCUT2D eigenvalue weighted by molar-refractivity contribution is 5.73. The Morgan fingerprint density at radius 2 is 1.75 bits per heavy atom. The highest BCUT2D eigenvalue weighted by atomic mass is 16.2. The van der Waals surface area contributed by atoms with Crippen molar-refractivity contribution in [3.63, 3.8) is 0 Å². The van der Waals surface area contributed by atoms with Crippen LogP contribution in [-0.4, -0.2) is 23.7 Å². The van der Waals surface area contributed by atoms with Gasteiger partial charge in [-0.25, -0.2) is 4.79 Å². The Labute approximate surface area is 97.0 Å². The third-order valence-electron chi connectivity index (χ3n) is 2.57. The van der Waals surface area contributed by atoms with Crippen LogP contribution in [0.5, 0.6) is 0 Å². The van der Waals surface area contributed by atoms with E-state index >= 15 is 0 Å². The zero-order chi connectivity index (χ0) is 12.0. The lowest BCUT2D eigenvalue weighted by Crippen LogP contribution is -2.37. The molecule has 2 N–H and O–H groups in total. The predicted molar refractivity (Wildman–Crippen MR) is 65.6 cm³/mol. The number of carbonyl (C=O) groups is 1. The van der Waals surface area contributed by atoms with Crippen LogP contribution in [-0.2, 0) is 6.54 Å². The van der Waals surface area contributed by atoms with Gasteiger partial charge in [-0.2, -0.15) is 0 Å². The summed E-state index contributed by atoms with van der Waals surface area (Å²) in [4.78, 5) is 11.3. The number of aryl methyl sites for hydroxylation is 2. The van der Waals surface area contributed by atoms with Gasteiger partial charge >= 0.3 is 6.03 Å². The molecule has 2 amide bonds. The summed E-state index contributed by atoms with van der Waals surface area (Å²) in [5.74, 6) is 0. The van der Waals surface area contributed by atoms with Crippen LogP contribution in [0.3, 0.4) is 0 Å². The number of rotatable bonds is 5. The highest BCUT2D eigenvalue weighted by Gasteiger charge is 2.01. The minimum Gasteiger partial charge on any atom is -0.347 e. The lowest BCUT2D eigenvalue weighted by molar-refractivity contribution is 0.240. The minimum absolute atomic E-state index is 0.0793. The van der Waals surface area contributed by atoms with Crippen molar-refractivity contribution in [3.8, 4) is 0 Å². The van der Waals surface area contributed by atoms with Crippen molar-refractivity contribution in [1.29, 1.82) is 0 Å².